The third kappa shape index (κ3) is 3.60. The van der Waals surface area contributed by atoms with Crippen molar-refractivity contribution in [3.05, 3.63) is 168 Å². The van der Waals surface area contributed by atoms with Crippen LogP contribution in [0, 0.1) is 0 Å². The number of fused-ring (bicyclic) bond motifs is 9. The second-order valence-electron chi connectivity index (χ2n) is 12.1. The molecule has 0 radical (unpaired) electrons. The normalized spacial score (nSPS) is 17.5. The Hall–Kier alpha value is -5.74. The maximum absolute atomic E-state index is 6.76. The zero-order chi connectivity index (χ0) is 29.5. The molecule has 0 saturated heterocycles. The third-order valence-electron chi connectivity index (χ3n) is 9.60. The van der Waals surface area contributed by atoms with Crippen LogP contribution in [0.25, 0.3) is 55.0 Å². The molecule has 0 spiro atoms. The Balaban J connectivity index is 1.05. The van der Waals surface area contributed by atoms with Gasteiger partial charge in [0.15, 0.2) is 12.0 Å². The summed E-state index contributed by atoms with van der Waals surface area (Å²) in [6, 6.07) is 49.6. The van der Waals surface area contributed by atoms with Gasteiger partial charge in [-0.3, -0.25) is 0 Å². The summed E-state index contributed by atoms with van der Waals surface area (Å²) < 4.78 is 15.7. The smallest absolute Gasteiger partial charge is 0.196 e. The topological polar surface area (TPSA) is 39.3 Å². The van der Waals surface area contributed by atoms with Crippen molar-refractivity contribution >= 4 is 49.3 Å². The number of hydrogen-bond acceptors (Lipinski definition) is 3. The first-order valence-corrected chi connectivity index (χ1v) is 15.6. The van der Waals surface area contributed by atoms with E-state index in [0.29, 0.717) is 0 Å². The summed E-state index contributed by atoms with van der Waals surface area (Å²) in [5.41, 5.74) is 9.00. The Kier molecular flexibility index (Phi) is 5.14. The van der Waals surface area contributed by atoms with E-state index >= 15 is 0 Å². The first-order chi connectivity index (χ1) is 22.3. The summed E-state index contributed by atoms with van der Waals surface area (Å²) in [7, 11) is 0. The number of hydrogen-bond donors (Lipinski definition) is 1. The van der Waals surface area contributed by atoms with Crippen LogP contribution in [0.2, 0.25) is 0 Å². The van der Waals surface area contributed by atoms with Crippen LogP contribution < -0.4 is 5.32 Å². The van der Waals surface area contributed by atoms with Crippen LogP contribution in [-0.4, -0.2) is 4.57 Å². The lowest BCUT2D eigenvalue weighted by molar-refractivity contribution is 0.173. The molecule has 6 aromatic carbocycles. The standard InChI is InChI=1S/C41H28N2O2/c1-2-10-25(11-3-1)33-24-34-40(37-32-15-7-9-17-36(32)44-39(33)37)45-41(42-34)27-18-21-28(22-19-27)43-35-16-8-6-14-30(35)31-23-20-26-12-4-5-13-29(26)38(31)43/h1-23,33,41-42H,24H2. The van der Waals surface area contributed by atoms with Gasteiger partial charge in [-0.25, -0.2) is 0 Å². The van der Waals surface area contributed by atoms with Crippen molar-refractivity contribution in [3.8, 4) is 5.69 Å². The molecule has 4 nitrogen and oxygen atoms in total. The van der Waals surface area contributed by atoms with Gasteiger partial charge in [0.05, 0.1) is 22.3 Å². The molecule has 0 fully saturated rings. The number of furan rings is 1. The van der Waals surface area contributed by atoms with Gasteiger partial charge < -0.3 is 19.0 Å². The van der Waals surface area contributed by atoms with Crippen LogP contribution in [0.5, 0.6) is 0 Å². The van der Waals surface area contributed by atoms with Gasteiger partial charge in [0.2, 0.25) is 0 Å². The minimum Gasteiger partial charge on any atom is -0.464 e. The van der Waals surface area contributed by atoms with Gasteiger partial charge in [0.25, 0.3) is 0 Å². The largest absolute Gasteiger partial charge is 0.464 e. The molecule has 2 atom stereocenters. The molecular formula is C41H28N2O2. The molecule has 2 unspecified atom stereocenters. The Morgan fingerprint density at radius 2 is 1.33 bits per heavy atom. The zero-order valence-corrected chi connectivity index (χ0v) is 24.4. The van der Waals surface area contributed by atoms with E-state index in [4.69, 9.17) is 9.15 Å². The van der Waals surface area contributed by atoms with Crippen LogP contribution in [0.4, 0.5) is 0 Å². The van der Waals surface area contributed by atoms with Crippen molar-refractivity contribution in [3.63, 3.8) is 0 Å². The predicted molar refractivity (Wildman–Crippen MR) is 181 cm³/mol. The number of ether oxygens (including phenoxy) is 1. The van der Waals surface area contributed by atoms with E-state index in [2.05, 4.69) is 137 Å². The fraction of sp³-hybridized carbons (Fsp3) is 0.0732. The van der Waals surface area contributed by atoms with Gasteiger partial charge in [0, 0.05) is 45.1 Å². The van der Waals surface area contributed by atoms with Crippen molar-refractivity contribution in [1.82, 2.24) is 9.88 Å². The monoisotopic (exact) mass is 580 g/mol. The lowest BCUT2D eigenvalue weighted by atomic mass is 9.84. The fourth-order valence-electron chi connectivity index (χ4n) is 7.55. The first kappa shape index (κ1) is 24.7. The van der Waals surface area contributed by atoms with E-state index in [1.54, 1.807) is 0 Å². The number of rotatable bonds is 3. The van der Waals surface area contributed by atoms with Gasteiger partial charge in [-0.1, -0.05) is 115 Å². The minimum atomic E-state index is -0.279. The SMILES string of the molecule is c1ccc(C2CC3=C(OC(c4ccc(-n5c6ccccc6c6ccc7ccccc7c65)cc4)N3)c3c2oc2ccccc32)cc1. The number of para-hydroxylation sites is 2. The molecule has 0 saturated carbocycles. The zero-order valence-electron chi connectivity index (χ0n) is 24.4. The Bertz CT molecular complexity index is 2470. The van der Waals surface area contributed by atoms with Gasteiger partial charge >= 0.3 is 0 Å². The average Bonchev–Trinajstić information content (AvgIpc) is 3.80. The van der Waals surface area contributed by atoms with Crippen LogP contribution in [0.3, 0.4) is 0 Å². The lowest BCUT2D eigenvalue weighted by Gasteiger charge is -2.22. The lowest BCUT2D eigenvalue weighted by Crippen LogP contribution is -2.18. The van der Waals surface area contributed by atoms with Crippen LogP contribution in [-0.2, 0) is 4.74 Å². The number of nitrogens with one attached hydrogen (secondary N) is 1. The summed E-state index contributed by atoms with van der Waals surface area (Å²) >= 11 is 0. The summed E-state index contributed by atoms with van der Waals surface area (Å²) in [5.74, 6) is 2.01. The molecule has 0 amide bonds. The number of aromatic nitrogens is 1. The number of allylic oxidation sites excluding steroid dienone is 1. The highest BCUT2D eigenvalue weighted by molar-refractivity contribution is 6.18. The van der Waals surface area contributed by atoms with E-state index in [9.17, 15) is 0 Å². The Labute approximate surface area is 259 Å². The quantitative estimate of drug-likeness (QED) is 0.226. The molecule has 214 valence electrons. The molecule has 2 aliphatic rings. The predicted octanol–water partition coefficient (Wildman–Crippen LogP) is 10.2. The summed E-state index contributed by atoms with van der Waals surface area (Å²) in [4.78, 5) is 0. The third-order valence-corrected chi connectivity index (χ3v) is 9.60. The fourth-order valence-corrected chi connectivity index (χ4v) is 7.55. The van der Waals surface area contributed by atoms with Gasteiger partial charge in [-0.05, 0) is 35.2 Å². The molecule has 45 heavy (non-hydrogen) atoms. The summed E-state index contributed by atoms with van der Waals surface area (Å²) in [6.45, 7) is 0. The van der Waals surface area contributed by atoms with Gasteiger partial charge in [-0.15, -0.1) is 0 Å². The van der Waals surface area contributed by atoms with E-state index in [1.165, 1.54) is 38.1 Å². The highest BCUT2D eigenvalue weighted by Gasteiger charge is 2.39. The second kappa shape index (κ2) is 9.38. The van der Waals surface area contributed by atoms with E-state index in [0.717, 1.165) is 51.4 Å². The number of nitrogens with zero attached hydrogens (tertiary/aromatic N) is 1. The van der Waals surface area contributed by atoms with Crippen LogP contribution in [0.15, 0.2) is 150 Å². The van der Waals surface area contributed by atoms with Crippen molar-refractivity contribution in [2.24, 2.45) is 0 Å². The maximum Gasteiger partial charge on any atom is 0.196 e. The molecular weight excluding hydrogens is 552 g/mol. The van der Waals surface area contributed by atoms with Crippen molar-refractivity contribution in [2.75, 3.05) is 0 Å². The highest BCUT2D eigenvalue weighted by Crippen LogP contribution is 2.50. The Morgan fingerprint density at radius 3 is 2.20 bits per heavy atom. The van der Waals surface area contributed by atoms with Gasteiger partial charge in [0.1, 0.15) is 11.3 Å². The van der Waals surface area contributed by atoms with E-state index in [1.807, 2.05) is 12.1 Å². The molecule has 8 aromatic rings. The molecule has 4 heteroatoms. The second-order valence-corrected chi connectivity index (χ2v) is 12.1. The summed E-state index contributed by atoms with van der Waals surface area (Å²) in [6.07, 6.45) is 0.522. The molecule has 1 aliphatic heterocycles. The number of benzene rings is 6. The van der Waals surface area contributed by atoms with E-state index < -0.39 is 0 Å². The molecule has 2 aromatic heterocycles. The molecule has 3 heterocycles. The van der Waals surface area contributed by atoms with Crippen LogP contribution >= 0.6 is 0 Å². The van der Waals surface area contributed by atoms with Crippen LogP contribution in [0.1, 0.15) is 41.0 Å². The summed E-state index contributed by atoms with van der Waals surface area (Å²) in [5, 5.41) is 9.87. The minimum absolute atomic E-state index is 0.120. The van der Waals surface area contributed by atoms with Crippen molar-refractivity contribution in [1.29, 1.82) is 0 Å². The maximum atomic E-state index is 6.76. The average molecular weight is 581 g/mol. The van der Waals surface area contributed by atoms with Gasteiger partial charge in [-0.2, -0.15) is 0 Å². The highest BCUT2D eigenvalue weighted by atomic mass is 16.5. The van der Waals surface area contributed by atoms with Crippen molar-refractivity contribution in [2.45, 2.75) is 18.6 Å². The molecule has 1 N–H and O–H groups in total. The Morgan fingerprint density at radius 1 is 0.600 bits per heavy atom. The van der Waals surface area contributed by atoms with Crippen molar-refractivity contribution < 1.29 is 9.15 Å². The molecule has 10 rings (SSSR count). The van der Waals surface area contributed by atoms with E-state index in [-0.39, 0.29) is 12.1 Å². The molecule has 1 aliphatic carbocycles. The first-order valence-electron chi connectivity index (χ1n) is 15.6. The molecule has 0 bridgehead atoms.